The Labute approximate surface area is 96.3 Å². The van der Waals surface area contributed by atoms with Crippen molar-refractivity contribution in [1.29, 1.82) is 0 Å². The molecule has 2 N–H and O–H groups in total. The molecule has 1 rings (SSSR count). The van der Waals surface area contributed by atoms with Crippen molar-refractivity contribution in [1.82, 2.24) is 20.2 Å². The van der Waals surface area contributed by atoms with Crippen LogP contribution >= 0.6 is 0 Å². The molecule has 1 heterocycles. The summed E-state index contributed by atoms with van der Waals surface area (Å²) in [6.07, 6.45) is 5.32. The molecule has 0 spiro atoms. The Bertz CT molecular complexity index is 293. The van der Waals surface area contributed by atoms with E-state index in [-0.39, 0.29) is 6.03 Å². The second-order valence-corrected chi connectivity index (χ2v) is 3.54. The number of nitrogens with one attached hydrogen (secondary N) is 2. The van der Waals surface area contributed by atoms with Crippen LogP contribution in [0.15, 0.2) is 12.4 Å². The zero-order chi connectivity index (χ0) is 11.8. The first-order chi connectivity index (χ1) is 7.77. The maximum atomic E-state index is 11.6. The second kappa shape index (κ2) is 6.87. The normalized spacial score (nSPS) is 10.1. The lowest BCUT2D eigenvalue weighted by Crippen LogP contribution is -2.40. The second-order valence-electron chi connectivity index (χ2n) is 3.54. The van der Waals surface area contributed by atoms with Crippen LogP contribution in [0.4, 0.5) is 4.79 Å². The molecule has 0 saturated heterocycles. The Kier molecular flexibility index (Phi) is 5.39. The fourth-order valence-electron chi connectivity index (χ4n) is 1.51. The third-order valence-corrected chi connectivity index (χ3v) is 2.47. The highest BCUT2D eigenvalue weighted by atomic mass is 16.2. The fourth-order valence-corrected chi connectivity index (χ4v) is 1.51. The van der Waals surface area contributed by atoms with Crippen LogP contribution in [0.3, 0.4) is 0 Å². The highest BCUT2D eigenvalue weighted by Crippen LogP contribution is 1.94. The molecule has 0 saturated carbocycles. The number of nitrogens with zero attached hydrogens (tertiary/aromatic N) is 2. The van der Waals surface area contributed by atoms with Gasteiger partial charge in [-0.25, -0.2) is 9.78 Å². The van der Waals surface area contributed by atoms with E-state index in [9.17, 15) is 4.79 Å². The Balaban J connectivity index is 2.13. The number of aromatic amines is 1. The van der Waals surface area contributed by atoms with Crippen molar-refractivity contribution < 1.29 is 4.79 Å². The van der Waals surface area contributed by atoms with Gasteiger partial charge in [-0.05, 0) is 20.3 Å². The molecular formula is C11H20N4O. The molecule has 0 atom stereocenters. The van der Waals surface area contributed by atoms with E-state index in [1.54, 1.807) is 11.1 Å². The number of urea groups is 1. The van der Waals surface area contributed by atoms with Gasteiger partial charge in [0, 0.05) is 38.4 Å². The van der Waals surface area contributed by atoms with Crippen molar-refractivity contribution >= 4 is 6.03 Å². The van der Waals surface area contributed by atoms with Gasteiger partial charge in [0.15, 0.2) is 0 Å². The third kappa shape index (κ3) is 3.92. The highest BCUT2D eigenvalue weighted by Gasteiger charge is 2.07. The number of hydrogen-bond acceptors (Lipinski definition) is 2. The smallest absolute Gasteiger partial charge is 0.317 e. The Morgan fingerprint density at radius 1 is 1.50 bits per heavy atom. The average molecular weight is 224 g/mol. The number of carbonyl (C=O) groups excluding carboxylic acids is 1. The summed E-state index contributed by atoms with van der Waals surface area (Å²) in [5, 5.41) is 2.89. The number of carbonyl (C=O) groups is 1. The summed E-state index contributed by atoms with van der Waals surface area (Å²) in [4.78, 5) is 20.5. The van der Waals surface area contributed by atoms with Crippen LogP contribution in [0.2, 0.25) is 0 Å². The monoisotopic (exact) mass is 224 g/mol. The van der Waals surface area contributed by atoms with Gasteiger partial charge in [0.1, 0.15) is 5.82 Å². The van der Waals surface area contributed by atoms with Crippen LogP contribution in [-0.2, 0) is 6.42 Å². The molecule has 0 unspecified atom stereocenters. The molecule has 16 heavy (non-hydrogen) atoms. The van der Waals surface area contributed by atoms with Crippen LogP contribution in [0.25, 0.3) is 0 Å². The molecule has 0 aliphatic carbocycles. The van der Waals surface area contributed by atoms with E-state index < -0.39 is 0 Å². The quantitative estimate of drug-likeness (QED) is 0.717. The molecule has 5 heteroatoms. The van der Waals surface area contributed by atoms with Gasteiger partial charge in [-0.1, -0.05) is 0 Å². The number of imidazole rings is 1. The molecule has 1 aromatic heterocycles. The fraction of sp³-hybridized carbons (Fsp3) is 0.636. The number of hydrogen-bond donors (Lipinski definition) is 2. The van der Waals surface area contributed by atoms with Crippen LogP contribution < -0.4 is 5.32 Å². The Morgan fingerprint density at radius 2 is 2.25 bits per heavy atom. The standard InChI is InChI=1S/C11H20N4O/c1-3-15(4-2)11(16)14-7-5-6-10-12-8-9-13-10/h8-9H,3-7H2,1-2H3,(H,12,13)(H,14,16). The molecule has 0 aromatic carbocycles. The maximum absolute atomic E-state index is 11.6. The molecular weight excluding hydrogens is 204 g/mol. The SMILES string of the molecule is CCN(CC)C(=O)NCCCc1ncc[nH]1. The minimum Gasteiger partial charge on any atom is -0.349 e. The van der Waals surface area contributed by atoms with Gasteiger partial charge in [-0.2, -0.15) is 0 Å². The van der Waals surface area contributed by atoms with Crippen LogP contribution in [0.1, 0.15) is 26.1 Å². The van der Waals surface area contributed by atoms with Crippen molar-refractivity contribution in [2.75, 3.05) is 19.6 Å². The topological polar surface area (TPSA) is 61.0 Å². The van der Waals surface area contributed by atoms with Gasteiger partial charge in [0.2, 0.25) is 0 Å². The van der Waals surface area contributed by atoms with Crippen LogP contribution in [0.5, 0.6) is 0 Å². The minimum atomic E-state index is 0.0180. The first kappa shape index (κ1) is 12.5. The minimum absolute atomic E-state index is 0.0180. The zero-order valence-corrected chi connectivity index (χ0v) is 9.99. The van der Waals surface area contributed by atoms with Crippen molar-refractivity contribution in [2.24, 2.45) is 0 Å². The average Bonchev–Trinajstić information content (AvgIpc) is 2.79. The summed E-state index contributed by atoms with van der Waals surface area (Å²) in [7, 11) is 0. The van der Waals surface area contributed by atoms with Crippen molar-refractivity contribution in [3.63, 3.8) is 0 Å². The Morgan fingerprint density at radius 3 is 2.81 bits per heavy atom. The van der Waals surface area contributed by atoms with E-state index in [1.807, 2.05) is 20.0 Å². The lowest BCUT2D eigenvalue weighted by Gasteiger charge is -2.18. The van der Waals surface area contributed by atoms with Crippen LogP contribution in [-0.4, -0.2) is 40.5 Å². The Hall–Kier alpha value is -1.52. The van der Waals surface area contributed by atoms with E-state index in [0.29, 0.717) is 6.54 Å². The van der Waals surface area contributed by atoms with E-state index in [0.717, 1.165) is 31.8 Å². The lowest BCUT2D eigenvalue weighted by atomic mass is 10.3. The highest BCUT2D eigenvalue weighted by molar-refractivity contribution is 5.73. The summed E-state index contributed by atoms with van der Waals surface area (Å²) in [5.41, 5.74) is 0. The molecule has 5 nitrogen and oxygen atoms in total. The molecule has 0 aliphatic rings. The van der Waals surface area contributed by atoms with Gasteiger partial charge in [0.25, 0.3) is 0 Å². The molecule has 0 bridgehead atoms. The number of aromatic nitrogens is 2. The summed E-state index contributed by atoms with van der Waals surface area (Å²) in [5.74, 6) is 0.970. The third-order valence-electron chi connectivity index (χ3n) is 2.47. The lowest BCUT2D eigenvalue weighted by molar-refractivity contribution is 0.203. The molecule has 0 fully saturated rings. The van der Waals surface area contributed by atoms with Crippen molar-refractivity contribution in [3.8, 4) is 0 Å². The molecule has 2 amide bonds. The molecule has 1 aromatic rings. The van der Waals surface area contributed by atoms with Gasteiger partial charge < -0.3 is 15.2 Å². The molecule has 90 valence electrons. The van der Waals surface area contributed by atoms with Gasteiger partial charge in [-0.3, -0.25) is 0 Å². The van der Waals surface area contributed by atoms with Crippen molar-refractivity contribution in [3.05, 3.63) is 18.2 Å². The zero-order valence-electron chi connectivity index (χ0n) is 9.99. The van der Waals surface area contributed by atoms with E-state index in [4.69, 9.17) is 0 Å². The predicted molar refractivity (Wildman–Crippen MR) is 63.2 cm³/mol. The summed E-state index contributed by atoms with van der Waals surface area (Å²) in [6, 6.07) is 0.0180. The van der Waals surface area contributed by atoms with E-state index in [2.05, 4.69) is 15.3 Å². The first-order valence-electron chi connectivity index (χ1n) is 5.79. The van der Waals surface area contributed by atoms with E-state index >= 15 is 0 Å². The first-order valence-corrected chi connectivity index (χ1v) is 5.79. The summed E-state index contributed by atoms with van der Waals surface area (Å²) in [6.45, 7) is 6.15. The predicted octanol–water partition coefficient (Wildman–Crippen LogP) is 1.39. The van der Waals surface area contributed by atoms with Crippen molar-refractivity contribution in [2.45, 2.75) is 26.7 Å². The van der Waals surface area contributed by atoms with Gasteiger partial charge >= 0.3 is 6.03 Å². The molecule has 0 radical (unpaired) electrons. The number of H-pyrrole nitrogens is 1. The molecule has 0 aliphatic heterocycles. The summed E-state index contributed by atoms with van der Waals surface area (Å²) < 4.78 is 0. The van der Waals surface area contributed by atoms with Crippen LogP contribution in [0, 0.1) is 0 Å². The van der Waals surface area contributed by atoms with Gasteiger partial charge in [0.05, 0.1) is 0 Å². The number of amides is 2. The number of aryl methyl sites for hydroxylation is 1. The summed E-state index contributed by atoms with van der Waals surface area (Å²) >= 11 is 0. The number of rotatable bonds is 6. The van der Waals surface area contributed by atoms with Gasteiger partial charge in [-0.15, -0.1) is 0 Å². The maximum Gasteiger partial charge on any atom is 0.317 e. The van der Waals surface area contributed by atoms with E-state index in [1.165, 1.54) is 0 Å². The largest absolute Gasteiger partial charge is 0.349 e.